The fourth-order valence-electron chi connectivity index (χ4n) is 3.18. The van der Waals surface area contributed by atoms with Crippen molar-refractivity contribution in [3.8, 4) is 0 Å². The van der Waals surface area contributed by atoms with Gasteiger partial charge in [0.1, 0.15) is 5.82 Å². The first-order chi connectivity index (χ1) is 13.0. The zero-order valence-electron chi connectivity index (χ0n) is 15.1. The number of halogens is 1. The van der Waals surface area contributed by atoms with E-state index in [1.54, 1.807) is 35.2 Å². The summed E-state index contributed by atoms with van der Waals surface area (Å²) in [6, 6.07) is 14.9. The molecule has 3 N–H and O–H groups in total. The van der Waals surface area contributed by atoms with E-state index < -0.39 is 6.04 Å². The van der Waals surface area contributed by atoms with Crippen molar-refractivity contribution in [1.29, 1.82) is 0 Å². The molecule has 1 saturated heterocycles. The summed E-state index contributed by atoms with van der Waals surface area (Å²) in [7, 11) is 0. The number of aryl methyl sites for hydroxylation is 1. The van der Waals surface area contributed by atoms with Crippen LogP contribution in [-0.2, 0) is 11.2 Å². The van der Waals surface area contributed by atoms with Gasteiger partial charge in [0.2, 0.25) is 5.91 Å². The number of likely N-dealkylation sites (tertiary alicyclic amines) is 1. The predicted molar refractivity (Wildman–Crippen MR) is 102 cm³/mol. The molecule has 1 fully saturated rings. The van der Waals surface area contributed by atoms with Crippen LogP contribution in [0.2, 0.25) is 0 Å². The molecule has 1 aliphatic heterocycles. The average molecular weight is 369 g/mol. The normalized spacial score (nSPS) is 15.1. The lowest BCUT2D eigenvalue weighted by Gasteiger charge is -2.40. The van der Waals surface area contributed by atoms with Crippen LogP contribution in [0, 0.1) is 11.7 Å². The lowest BCUT2D eigenvalue weighted by molar-refractivity contribution is -0.138. The number of benzene rings is 2. The van der Waals surface area contributed by atoms with Crippen molar-refractivity contribution < 1.29 is 14.0 Å². The van der Waals surface area contributed by atoms with Gasteiger partial charge in [-0.05, 0) is 36.6 Å². The SMILES string of the molecule is NC(CCc1ccccc1F)C(=O)N1CC(CNC(=O)c2ccccc2)C1. The summed E-state index contributed by atoms with van der Waals surface area (Å²) >= 11 is 0. The van der Waals surface area contributed by atoms with E-state index in [9.17, 15) is 14.0 Å². The highest BCUT2D eigenvalue weighted by Crippen LogP contribution is 2.17. The first-order valence-electron chi connectivity index (χ1n) is 9.15. The Balaban J connectivity index is 1.38. The van der Waals surface area contributed by atoms with E-state index >= 15 is 0 Å². The van der Waals surface area contributed by atoms with E-state index in [0.29, 0.717) is 43.6 Å². The smallest absolute Gasteiger partial charge is 0.251 e. The summed E-state index contributed by atoms with van der Waals surface area (Å²) in [6.45, 7) is 1.70. The van der Waals surface area contributed by atoms with Gasteiger partial charge in [-0.3, -0.25) is 9.59 Å². The topological polar surface area (TPSA) is 75.4 Å². The molecule has 1 unspecified atom stereocenters. The van der Waals surface area contributed by atoms with E-state index in [1.807, 2.05) is 18.2 Å². The van der Waals surface area contributed by atoms with Gasteiger partial charge in [0.25, 0.3) is 5.91 Å². The molecule has 1 aliphatic rings. The third kappa shape index (κ3) is 4.92. The molecule has 2 amide bonds. The van der Waals surface area contributed by atoms with Crippen molar-refractivity contribution in [3.63, 3.8) is 0 Å². The fourth-order valence-corrected chi connectivity index (χ4v) is 3.18. The third-order valence-electron chi connectivity index (χ3n) is 4.86. The minimum atomic E-state index is -0.635. The maximum absolute atomic E-state index is 13.6. The molecule has 27 heavy (non-hydrogen) atoms. The molecule has 0 aromatic heterocycles. The number of nitrogens with two attached hydrogens (primary N) is 1. The molecular formula is C21H24FN3O2. The van der Waals surface area contributed by atoms with E-state index in [2.05, 4.69) is 5.32 Å². The maximum atomic E-state index is 13.6. The molecule has 0 radical (unpaired) electrons. The van der Waals surface area contributed by atoms with Gasteiger partial charge in [-0.1, -0.05) is 36.4 Å². The lowest BCUT2D eigenvalue weighted by atomic mass is 9.97. The van der Waals surface area contributed by atoms with Crippen LogP contribution < -0.4 is 11.1 Å². The Labute approximate surface area is 158 Å². The molecule has 0 saturated carbocycles. The maximum Gasteiger partial charge on any atom is 0.251 e. The number of hydrogen-bond donors (Lipinski definition) is 2. The molecule has 0 spiro atoms. The van der Waals surface area contributed by atoms with Gasteiger partial charge in [0, 0.05) is 31.1 Å². The van der Waals surface area contributed by atoms with E-state index in [-0.39, 0.29) is 23.5 Å². The highest BCUT2D eigenvalue weighted by Gasteiger charge is 2.33. The Morgan fingerprint density at radius 3 is 2.48 bits per heavy atom. The number of carbonyl (C=O) groups is 2. The fraction of sp³-hybridized carbons (Fsp3) is 0.333. The predicted octanol–water partition coefficient (Wildman–Crippen LogP) is 1.97. The minimum absolute atomic E-state index is 0.109. The quantitative estimate of drug-likeness (QED) is 0.784. The summed E-state index contributed by atoms with van der Waals surface area (Å²) in [6.07, 6.45) is 0.843. The Hall–Kier alpha value is -2.73. The largest absolute Gasteiger partial charge is 0.352 e. The van der Waals surface area contributed by atoms with E-state index in [4.69, 9.17) is 5.73 Å². The Bertz CT molecular complexity index is 791. The second-order valence-corrected chi connectivity index (χ2v) is 6.92. The lowest BCUT2D eigenvalue weighted by Crippen LogP contribution is -2.57. The molecule has 6 heteroatoms. The van der Waals surface area contributed by atoms with E-state index in [1.165, 1.54) is 6.07 Å². The number of carbonyl (C=O) groups excluding carboxylic acids is 2. The number of nitrogens with one attached hydrogen (secondary N) is 1. The standard InChI is InChI=1S/C21H24FN3O2/c22-18-9-5-4-6-16(18)10-11-19(23)21(27)25-13-15(14-25)12-24-20(26)17-7-2-1-3-8-17/h1-9,15,19H,10-14,23H2,(H,24,26). The van der Waals surface area contributed by atoms with Crippen molar-refractivity contribution in [2.24, 2.45) is 11.7 Å². The highest BCUT2D eigenvalue weighted by atomic mass is 19.1. The van der Waals surface area contributed by atoms with Crippen LogP contribution >= 0.6 is 0 Å². The van der Waals surface area contributed by atoms with Crippen LogP contribution in [-0.4, -0.2) is 42.4 Å². The van der Waals surface area contributed by atoms with Gasteiger partial charge in [-0.2, -0.15) is 0 Å². The van der Waals surface area contributed by atoms with Gasteiger partial charge in [-0.25, -0.2) is 4.39 Å². The molecule has 3 rings (SSSR count). The molecule has 2 aromatic rings. The van der Waals surface area contributed by atoms with Crippen LogP contribution in [0.5, 0.6) is 0 Å². The summed E-state index contributed by atoms with van der Waals surface area (Å²) in [4.78, 5) is 26.1. The van der Waals surface area contributed by atoms with E-state index in [0.717, 1.165) is 0 Å². The first-order valence-corrected chi connectivity index (χ1v) is 9.15. The van der Waals surface area contributed by atoms with Crippen LogP contribution in [0.1, 0.15) is 22.3 Å². The Morgan fingerprint density at radius 2 is 1.78 bits per heavy atom. The second kappa shape index (κ2) is 8.77. The summed E-state index contributed by atoms with van der Waals surface area (Å²) in [5.74, 6) is -0.255. The molecule has 2 aromatic carbocycles. The highest BCUT2D eigenvalue weighted by molar-refractivity contribution is 5.94. The van der Waals surface area contributed by atoms with Crippen molar-refractivity contribution in [3.05, 3.63) is 71.5 Å². The summed E-state index contributed by atoms with van der Waals surface area (Å²) in [5.41, 5.74) is 7.19. The van der Waals surface area contributed by atoms with Crippen molar-refractivity contribution in [2.45, 2.75) is 18.9 Å². The van der Waals surface area contributed by atoms with Crippen LogP contribution in [0.4, 0.5) is 4.39 Å². The molecule has 142 valence electrons. The van der Waals surface area contributed by atoms with Crippen LogP contribution in [0.3, 0.4) is 0 Å². The zero-order chi connectivity index (χ0) is 19.2. The van der Waals surface area contributed by atoms with Crippen LogP contribution in [0.15, 0.2) is 54.6 Å². The molecule has 1 atom stereocenters. The first kappa shape index (κ1) is 19.0. The third-order valence-corrected chi connectivity index (χ3v) is 4.86. The molecule has 1 heterocycles. The molecule has 0 bridgehead atoms. The number of hydrogen-bond acceptors (Lipinski definition) is 3. The number of rotatable bonds is 7. The number of amides is 2. The van der Waals surface area contributed by atoms with Crippen molar-refractivity contribution in [2.75, 3.05) is 19.6 Å². The van der Waals surface area contributed by atoms with Crippen molar-refractivity contribution >= 4 is 11.8 Å². The molecule has 5 nitrogen and oxygen atoms in total. The monoisotopic (exact) mass is 369 g/mol. The van der Waals surface area contributed by atoms with Crippen LogP contribution in [0.25, 0.3) is 0 Å². The van der Waals surface area contributed by atoms with Gasteiger partial charge in [0.15, 0.2) is 0 Å². The Kier molecular flexibility index (Phi) is 6.19. The minimum Gasteiger partial charge on any atom is -0.352 e. The zero-order valence-corrected chi connectivity index (χ0v) is 15.1. The average Bonchev–Trinajstić information content (AvgIpc) is 2.66. The van der Waals surface area contributed by atoms with Gasteiger partial charge in [0.05, 0.1) is 6.04 Å². The molecular weight excluding hydrogens is 345 g/mol. The molecule has 0 aliphatic carbocycles. The van der Waals surface area contributed by atoms with Crippen molar-refractivity contribution in [1.82, 2.24) is 10.2 Å². The van der Waals surface area contributed by atoms with Gasteiger partial charge >= 0.3 is 0 Å². The number of nitrogens with zero attached hydrogens (tertiary/aromatic N) is 1. The summed E-state index contributed by atoms with van der Waals surface area (Å²) < 4.78 is 13.6. The van der Waals surface area contributed by atoms with Gasteiger partial charge < -0.3 is 16.0 Å². The van der Waals surface area contributed by atoms with Gasteiger partial charge in [-0.15, -0.1) is 0 Å². The second-order valence-electron chi connectivity index (χ2n) is 6.92. The Morgan fingerprint density at radius 1 is 1.11 bits per heavy atom. The summed E-state index contributed by atoms with van der Waals surface area (Å²) in [5, 5.41) is 2.89.